The second-order valence-corrected chi connectivity index (χ2v) is 6.24. The molecule has 0 aliphatic carbocycles. The Labute approximate surface area is 125 Å². The van der Waals surface area contributed by atoms with Gasteiger partial charge in [-0.05, 0) is 24.3 Å². The standard InChI is InChI=1S/C14H12F3NO3S/c1-18(11-7-3-2-4-8-11)22(19,20)13-10-6-5-9-12(13)21-14(15,16)17/h2-10H,1H3. The van der Waals surface area contributed by atoms with Crippen molar-refractivity contribution in [2.75, 3.05) is 11.4 Å². The number of sulfonamides is 1. The number of hydrogen-bond acceptors (Lipinski definition) is 3. The van der Waals surface area contributed by atoms with Gasteiger partial charge in [-0.25, -0.2) is 8.42 Å². The highest BCUT2D eigenvalue weighted by Crippen LogP contribution is 2.32. The van der Waals surface area contributed by atoms with E-state index in [-0.39, 0.29) is 0 Å². The molecule has 0 spiro atoms. The van der Waals surface area contributed by atoms with E-state index in [0.29, 0.717) is 5.69 Å². The van der Waals surface area contributed by atoms with Gasteiger partial charge >= 0.3 is 6.36 Å². The summed E-state index contributed by atoms with van der Waals surface area (Å²) in [5, 5.41) is 0. The molecule has 0 heterocycles. The van der Waals surface area contributed by atoms with Crippen LogP contribution in [0.3, 0.4) is 0 Å². The van der Waals surface area contributed by atoms with Crippen LogP contribution in [0.15, 0.2) is 59.5 Å². The predicted octanol–water partition coefficient (Wildman–Crippen LogP) is 3.41. The monoisotopic (exact) mass is 331 g/mol. The molecule has 8 heteroatoms. The Morgan fingerprint density at radius 2 is 1.50 bits per heavy atom. The van der Waals surface area contributed by atoms with Gasteiger partial charge in [0.1, 0.15) is 10.6 Å². The molecule has 0 radical (unpaired) electrons. The average molecular weight is 331 g/mol. The molecule has 0 saturated heterocycles. The first-order chi connectivity index (χ1) is 10.2. The molecule has 2 aromatic carbocycles. The SMILES string of the molecule is CN(c1ccccc1)S(=O)(=O)c1ccccc1OC(F)(F)F. The fraction of sp³-hybridized carbons (Fsp3) is 0.143. The highest BCUT2D eigenvalue weighted by atomic mass is 32.2. The summed E-state index contributed by atoms with van der Waals surface area (Å²) in [6, 6.07) is 12.6. The summed E-state index contributed by atoms with van der Waals surface area (Å²) in [6.45, 7) is 0. The van der Waals surface area contributed by atoms with Crippen molar-refractivity contribution in [3.05, 3.63) is 54.6 Å². The van der Waals surface area contributed by atoms with Crippen molar-refractivity contribution in [2.24, 2.45) is 0 Å². The molecule has 0 amide bonds. The van der Waals surface area contributed by atoms with E-state index in [2.05, 4.69) is 4.74 Å². The summed E-state index contributed by atoms with van der Waals surface area (Å²) in [6.07, 6.45) is -4.98. The number of benzene rings is 2. The third-order valence-electron chi connectivity index (χ3n) is 2.83. The van der Waals surface area contributed by atoms with Crippen molar-refractivity contribution in [1.82, 2.24) is 0 Å². The molecule has 0 atom stereocenters. The first-order valence-electron chi connectivity index (χ1n) is 6.10. The van der Waals surface area contributed by atoms with Crippen molar-refractivity contribution in [3.8, 4) is 5.75 Å². The Hall–Kier alpha value is -2.22. The summed E-state index contributed by atoms with van der Waals surface area (Å²) >= 11 is 0. The third kappa shape index (κ3) is 3.51. The molecular weight excluding hydrogens is 319 g/mol. The van der Waals surface area contributed by atoms with Gasteiger partial charge in [-0.2, -0.15) is 0 Å². The quantitative estimate of drug-likeness (QED) is 0.862. The Morgan fingerprint density at radius 3 is 2.09 bits per heavy atom. The first kappa shape index (κ1) is 16.2. The molecular formula is C14H12F3NO3S. The van der Waals surface area contributed by atoms with Crippen LogP contribution in [0.1, 0.15) is 0 Å². The lowest BCUT2D eigenvalue weighted by atomic mass is 10.3. The lowest BCUT2D eigenvalue weighted by molar-refractivity contribution is -0.275. The second-order valence-electron chi connectivity index (χ2n) is 4.30. The number of rotatable bonds is 4. The Morgan fingerprint density at radius 1 is 0.955 bits per heavy atom. The third-order valence-corrected chi connectivity index (χ3v) is 4.66. The van der Waals surface area contributed by atoms with Crippen LogP contribution >= 0.6 is 0 Å². The molecule has 0 aliphatic heterocycles. The zero-order valence-corrected chi connectivity index (χ0v) is 12.2. The van der Waals surface area contributed by atoms with Crippen LogP contribution in [0.4, 0.5) is 18.9 Å². The van der Waals surface area contributed by atoms with Crippen molar-refractivity contribution in [1.29, 1.82) is 0 Å². The number of ether oxygens (including phenoxy) is 1. The molecule has 118 valence electrons. The van der Waals surface area contributed by atoms with E-state index in [1.807, 2.05) is 0 Å². The Balaban J connectivity index is 2.46. The summed E-state index contributed by atoms with van der Waals surface area (Å²) in [7, 11) is -2.93. The molecule has 2 rings (SSSR count). The van der Waals surface area contributed by atoms with E-state index < -0.39 is 27.0 Å². The molecule has 0 fully saturated rings. The van der Waals surface area contributed by atoms with Crippen molar-refractivity contribution in [3.63, 3.8) is 0 Å². The Kier molecular flexibility index (Phi) is 4.32. The maximum Gasteiger partial charge on any atom is 0.573 e. The van der Waals surface area contributed by atoms with E-state index in [1.165, 1.54) is 31.3 Å². The zero-order valence-electron chi connectivity index (χ0n) is 11.4. The van der Waals surface area contributed by atoms with Gasteiger partial charge in [0.05, 0.1) is 5.69 Å². The number of anilines is 1. The van der Waals surface area contributed by atoms with Crippen LogP contribution in [0.5, 0.6) is 5.75 Å². The van der Waals surface area contributed by atoms with Gasteiger partial charge in [-0.15, -0.1) is 13.2 Å². The molecule has 0 saturated carbocycles. The van der Waals surface area contributed by atoms with Crippen LogP contribution in [0.2, 0.25) is 0 Å². The fourth-order valence-electron chi connectivity index (χ4n) is 1.80. The van der Waals surface area contributed by atoms with E-state index in [1.54, 1.807) is 18.2 Å². The lowest BCUT2D eigenvalue weighted by Crippen LogP contribution is -2.28. The maximum atomic E-state index is 12.5. The van der Waals surface area contributed by atoms with Gasteiger partial charge in [-0.1, -0.05) is 30.3 Å². The smallest absolute Gasteiger partial charge is 0.404 e. The summed E-state index contributed by atoms with van der Waals surface area (Å²) in [5.74, 6) is -0.766. The van der Waals surface area contributed by atoms with Crippen molar-refractivity contribution >= 4 is 15.7 Å². The van der Waals surface area contributed by atoms with Crippen molar-refractivity contribution in [2.45, 2.75) is 11.3 Å². The van der Waals surface area contributed by atoms with E-state index in [0.717, 1.165) is 16.4 Å². The molecule has 0 unspecified atom stereocenters. The molecule has 0 bridgehead atoms. The van der Waals surface area contributed by atoms with E-state index in [9.17, 15) is 21.6 Å². The number of alkyl halides is 3. The van der Waals surface area contributed by atoms with Gasteiger partial charge in [0, 0.05) is 7.05 Å². The summed E-state index contributed by atoms with van der Waals surface area (Å²) in [5.41, 5.74) is 0.323. The second kappa shape index (κ2) is 5.88. The number of nitrogens with zero attached hydrogens (tertiary/aromatic N) is 1. The minimum Gasteiger partial charge on any atom is -0.404 e. The maximum absolute atomic E-state index is 12.5. The lowest BCUT2D eigenvalue weighted by Gasteiger charge is -2.21. The van der Waals surface area contributed by atoms with Crippen LogP contribution in [0.25, 0.3) is 0 Å². The fourth-order valence-corrected chi connectivity index (χ4v) is 3.11. The number of halogens is 3. The first-order valence-corrected chi connectivity index (χ1v) is 7.54. The zero-order chi connectivity index (χ0) is 16.4. The summed E-state index contributed by atoms with van der Waals surface area (Å²) < 4.78 is 66.9. The van der Waals surface area contributed by atoms with Gasteiger partial charge in [-0.3, -0.25) is 4.31 Å². The molecule has 0 N–H and O–H groups in total. The van der Waals surface area contributed by atoms with Crippen LogP contribution in [-0.4, -0.2) is 21.8 Å². The molecule has 2 aromatic rings. The highest BCUT2D eigenvalue weighted by molar-refractivity contribution is 7.92. The van der Waals surface area contributed by atoms with Gasteiger partial charge in [0.2, 0.25) is 0 Å². The molecule has 0 aliphatic rings. The number of hydrogen-bond donors (Lipinski definition) is 0. The largest absolute Gasteiger partial charge is 0.573 e. The molecule has 4 nitrogen and oxygen atoms in total. The average Bonchev–Trinajstić information content (AvgIpc) is 2.46. The van der Waals surface area contributed by atoms with Crippen molar-refractivity contribution < 1.29 is 26.3 Å². The number of para-hydroxylation sites is 2. The minimum atomic E-state index is -4.98. The minimum absolute atomic E-state index is 0.323. The van der Waals surface area contributed by atoms with Crippen LogP contribution < -0.4 is 9.04 Å². The molecule has 0 aromatic heterocycles. The highest BCUT2D eigenvalue weighted by Gasteiger charge is 2.35. The Bertz CT molecular complexity index is 745. The van der Waals surface area contributed by atoms with Gasteiger partial charge in [0.25, 0.3) is 10.0 Å². The van der Waals surface area contributed by atoms with Gasteiger partial charge < -0.3 is 4.74 Å². The topological polar surface area (TPSA) is 46.6 Å². The normalized spacial score (nSPS) is 12.0. The van der Waals surface area contributed by atoms with Crippen LogP contribution in [-0.2, 0) is 10.0 Å². The van der Waals surface area contributed by atoms with E-state index in [4.69, 9.17) is 0 Å². The van der Waals surface area contributed by atoms with Gasteiger partial charge in [0.15, 0.2) is 0 Å². The summed E-state index contributed by atoms with van der Waals surface area (Å²) in [4.78, 5) is -0.557. The predicted molar refractivity (Wildman–Crippen MR) is 75.2 cm³/mol. The molecule has 22 heavy (non-hydrogen) atoms. The van der Waals surface area contributed by atoms with E-state index >= 15 is 0 Å². The van der Waals surface area contributed by atoms with Crippen LogP contribution in [0, 0.1) is 0 Å².